The number of fused-ring (bicyclic) bond motifs is 1. The van der Waals surface area contributed by atoms with E-state index >= 15 is 0 Å². The number of methoxy groups -OCH3 is 1. The van der Waals surface area contributed by atoms with Crippen LogP contribution in [0.3, 0.4) is 0 Å². The Morgan fingerprint density at radius 1 is 1.20 bits per heavy atom. The summed E-state index contributed by atoms with van der Waals surface area (Å²) in [5, 5.41) is 3.70. The lowest BCUT2D eigenvalue weighted by Crippen LogP contribution is -2.09. The summed E-state index contributed by atoms with van der Waals surface area (Å²) >= 11 is 0. The third-order valence-electron chi connectivity index (χ3n) is 4.03. The number of hydrogen-bond donors (Lipinski definition) is 1. The molecular weight excluding hydrogens is 246 g/mol. The minimum atomic E-state index is 0.419. The van der Waals surface area contributed by atoms with Crippen LogP contribution in [-0.2, 0) is 17.8 Å². The van der Waals surface area contributed by atoms with Crippen LogP contribution < -0.4 is 5.32 Å². The van der Waals surface area contributed by atoms with Gasteiger partial charge in [-0.1, -0.05) is 42.0 Å². The third kappa shape index (κ3) is 2.56. The van der Waals surface area contributed by atoms with Crippen molar-refractivity contribution < 1.29 is 4.74 Å². The molecule has 0 spiro atoms. The SMILES string of the molecule is COCc1ccccc1NC1CCc2ccc(C)cc21. The van der Waals surface area contributed by atoms with Crippen LogP contribution in [0.4, 0.5) is 5.69 Å². The summed E-state index contributed by atoms with van der Waals surface area (Å²) < 4.78 is 5.28. The van der Waals surface area contributed by atoms with Gasteiger partial charge < -0.3 is 10.1 Å². The average Bonchev–Trinajstić information content (AvgIpc) is 2.84. The minimum absolute atomic E-state index is 0.419. The quantitative estimate of drug-likeness (QED) is 0.894. The summed E-state index contributed by atoms with van der Waals surface area (Å²) in [5.74, 6) is 0. The first-order valence-corrected chi connectivity index (χ1v) is 7.21. The first-order valence-electron chi connectivity index (χ1n) is 7.21. The molecule has 0 heterocycles. The van der Waals surface area contributed by atoms with Gasteiger partial charge in [0.2, 0.25) is 0 Å². The highest BCUT2D eigenvalue weighted by molar-refractivity contribution is 5.54. The largest absolute Gasteiger partial charge is 0.380 e. The number of rotatable bonds is 4. The maximum absolute atomic E-state index is 5.28. The van der Waals surface area contributed by atoms with Crippen molar-refractivity contribution in [1.29, 1.82) is 0 Å². The van der Waals surface area contributed by atoms with Crippen molar-refractivity contribution in [2.75, 3.05) is 12.4 Å². The molecule has 1 unspecified atom stereocenters. The normalized spacial score (nSPS) is 17.0. The van der Waals surface area contributed by atoms with Crippen molar-refractivity contribution in [3.05, 3.63) is 64.7 Å². The fourth-order valence-electron chi connectivity index (χ4n) is 3.00. The van der Waals surface area contributed by atoms with Gasteiger partial charge in [-0.2, -0.15) is 0 Å². The van der Waals surface area contributed by atoms with E-state index in [0.717, 1.165) is 0 Å². The summed E-state index contributed by atoms with van der Waals surface area (Å²) in [5.41, 5.74) is 6.68. The molecule has 0 radical (unpaired) electrons. The number of para-hydroxylation sites is 1. The van der Waals surface area contributed by atoms with Gasteiger partial charge in [0.1, 0.15) is 0 Å². The number of aryl methyl sites for hydroxylation is 2. The highest BCUT2D eigenvalue weighted by Crippen LogP contribution is 2.35. The van der Waals surface area contributed by atoms with Gasteiger partial charge in [0, 0.05) is 18.4 Å². The highest BCUT2D eigenvalue weighted by atomic mass is 16.5. The molecule has 2 aromatic rings. The van der Waals surface area contributed by atoms with E-state index < -0.39 is 0 Å². The van der Waals surface area contributed by atoms with Gasteiger partial charge in [-0.25, -0.2) is 0 Å². The van der Waals surface area contributed by atoms with E-state index in [0.29, 0.717) is 12.6 Å². The standard InChI is InChI=1S/C18H21NO/c1-13-7-8-14-9-10-18(16(14)11-13)19-17-6-4-3-5-15(17)12-20-2/h3-8,11,18-19H,9-10,12H2,1-2H3. The Bertz CT molecular complexity index is 606. The van der Waals surface area contributed by atoms with Crippen LogP contribution in [-0.4, -0.2) is 7.11 Å². The van der Waals surface area contributed by atoms with E-state index in [1.807, 2.05) is 0 Å². The highest BCUT2D eigenvalue weighted by Gasteiger charge is 2.22. The number of benzene rings is 2. The molecule has 0 aromatic heterocycles. The van der Waals surface area contributed by atoms with Gasteiger partial charge in [-0.3, -0.25) is 0 Å². The Morgan fingerprint density at radius 3 is 2.90 bits per heavy atom. The topological polar surface area (TPSA) is 21.3 Å². The zero-order valence-corrected chi connectivity index (χ0v) is 12.1. The predicted octanol–water partition coefficient (Wildman–Crippen LogP) is 4.24. The molecule has 0 bridgehead atoms. The van der Waals surface area contributed by atoms with E-state index in [1.165, 1.54) is 40.8 Å². The molecule has 104 valence electrons. The van der Waals surface area contributed by atoms with Crippen LogP contribution in [0, 0.1) is 6.92 Å². The number of nitrogens with one attached hydrogen (secondary N) is 1. The van der Waals surface area contributed by atoms with Gasteiger partial charge in [0.15, 0.2) is 0 Å². The number of anilines is 1. The zero-order chi connectivity index (χ0) is 13.9. The molecule has 0 aliphatic heterocycles. The summed E-state index contributed by atoms with van der Waals surface area (Å²) in [7, 11) is 1.74. The Morgan fingerprint density at radius 2 is 2.05 bits per heavy atom. The molecule has 20 heavy (non-hydrogen) atoms. The molecule has 2 heteroatoms. The number of ether oxygens (including phenoxy) is 1. The molecule has 1 N–H and O–H groups in total. The van der Waals surface area contributed by atoms with E-state index in [1.54, 1.807) is 7.11 Å². The van der Waals surface area contributed by atoms with Gasteiger partial charge >= 0.3 is 0 Å². The fourth-order valence-corrected chi connectivity index (χ4v) is 3.00. The van der Waals surface area contributed by atoms with Crippen molar-refractivity contribution >= 4 is 5.69 Å². The molecule has 1 aliphatic carbocycles. The van der Waals surface area contributed by atoms with Crippen molar-refractivity contribution in [3.63, 3.8) is 0 Å². The first-order chi connectivity index (χ1) is 9.78. The molecule has 0 saturated carbocycles. The van der Waals surface area contributed by atoms with E-state index in [2.05, 4.69) is 54.7 Å². The molecular formula is C18H21NO. The summed E-state index contributed by atoms with van der Waals surface area (Å²) in [6, 6.07) is 15.6. The molecule has 0 saturated heterocycles. The van der Waals surface area contributed by atoms with Gasteiger partial charge in [-0.15, -0.1) is 0 Å². The van der Waals surface area contributed by atoms with Gasteiger partial charge in [0.25, 0.3) is 0 Å². The van der Waals surface area contributed by atoms with Gasteiger partial charge in [0.05, 0.1) is 12.6 Å². The number of hydrogen-bond acceptors (Lipinski definition) is 2. The predicted molar refractivity (Wildman–Crippen MR) is 83.0 cm³/mol. The van der Waals surface area contributed by atoms with E-state index in [9.17, 15) is 0 Å². The van der Waals surface area contributed by atoms with Crippen LogP contribution in [0.2, 0.25) is 0 Å². The Kier molecular flexibility index (Phi) is 3.75. The van der Waals surface area contributed by atoms with Crippen molar-refractivity contribution in [2.45, 2.75) is 32.4 Å². The Balaban J connectivity index is 1.85. The summed E-state index contributed by atoms with van der Waals surface area (Å²) in [6.45, 7) is 2.81. The van der Waals surface area contributed by atoms with Crippen molar-refractivity contribution in [1.82, 2.24) is 0 Å². The lowest BCUT2D eigenvalue weighted by atomic mass is 10.0. The Labute approximate surface area is 120 Å². The summed E-state index contributed by atoms with van der Waals surface area (Å²) in [6.07, 6.45) is 2.33. The molecule has 1 aliphatic rings. The van der Waals surface area contributed by atoms with Crippen LogP contribution in [0.5, 0.6) is 0 Å². The molecule has 2 nitrogen and oxygen atoms in total. The second-order valence-electron chi connectivity index (χ2n) is 5.53. The molecule has 0 fully saturated rings. The van der Waals surface area contributed by atoms with Crippen molar-refractivity contribution in [3.8, 4) is 0 Å². The average molecular weight is 267 g/mol. The molecule has 0 amide bonds. The van der Waals surface area contributed by atoms with Crippen LogP contribution in [0.25, 0.3) is 0 Å². The summed E-state index contributed by atoms with van der Waals surface area (Å²) in [4.78, 5) is 0. The van der Waals surface area contributed by atoms with Crippen LogP contribution >= 0.6 is 0 Å². The smallest absolute Gasteiger partial charge is 0.0733 e. The minimum Gasteiger partial charge on any atom is -0.380 e. The fraction of sp³-hybridized carbons (Fsp3) is 0.333. The van der Waals surface area contributed by atoms with Crippen LogP contribution in [0.1, 0.15) is 34.7 Å². The lowest BCUT2D eigenvalue weighted by molar-refractivity contribution is 0.185. The third-order valence-corrected chi connectivity index (χ3v) is 4.03. The Hall–Kier alpha value is -1.80. The maximum atomic E-state index is 5.28. The second-order valence-corrected chi connectivity index (χ2v) is 5.53. The second kappa shape index (κ2) is 5.68. The van der Waals surface area contributed by atoms with E-state index in [-0.39, 0.29) is 0 Å². The van der Waals surface area contributed by atoms with Crippen molar-refractivity contribution in [2.24, 2.45) is 0 Å². The van der Waals surface area contributed by atoms with Crippen LogP contribution in [0.15, 0.2) is 42.5 Å². The zero-order valence-electron chi connectivity index (χ0n) is 12.1. The lowest BCUT2D eigenvalue weighted by Gasteiger charge is -2.18. The molecule has 2 aromatic carbocycles. The van der Waals surface area contributed by atoms with Gasteiger partial charge in [-0.05, 0) is 37.0 Å². The molecule has 1 atom stereocenters. The first kappa shape index (κ1) is 13.2. The monoisotopic (exact) mass is 267 g/mol. The van der Waals surface area contributed by atoms with E-state index in [4.69, 9.17) is 4.74 Å². The maximum Gasteiger partial charge on any atom is 0.0733 e. The molecule has 3 rings (SSSR count).